The van der Waals surface area contributed by atoms with Crippen LogP contribution in [0.2, 0.25) is 0 Å². The van der Waals surface area contributed by atoms with E-state index in [-0.39, 0.29) is 23.6 Å². The quantitative estimate of drug-likeness (QED) is 0.603. The monoisotopic (exact) mass is 189 g/mol. The smallest absolute Gasteiger partial charge is 0.220 e. The van der Waals surface area contributed by atoms with Crippen LogP contribution in [0.4, 0.5) is 0 Å². The SMILES string of the molecule is CC(=O)N1CCCC1C(=O)CCl. The van der Waals surface area contributed by atoms with Gasteiger partial charge in [-0.25, -0.2) is 0 Å². The van der Waals surface area contributed by atoms with Crippen molar-refractivity contribution in [1.82, 2.24) is 4.90 Å². The molecule has 1 aliphatic rings. The van der Waals surface area contributed by atoms with E-state index in [4.69, 9.17) is 11.6 Å². The molecule has 0 spiro atoms. The molecule has 68 valence electrons. The Kier molecular flexibility index (Phi) is 3.09. The maximum absolute atomic E-state index is 11.2. The number of alkyl halides is 1. The molecule has 0 bridgehead atoms. The first-order valence-electron chi connectivity index (χ1n) is 4.02. The van der Waals surface area contributed by atoms with Crippen molar-refractivity contribution in [3.8, 4) is 0 Å². The van der Waals surface area contributed by atoms with Crippen LogP contribution >= 0.6 is 11.6 Å². The molecule has 0 aromatic carbocycles. The standard InChI is InChI=1S/C8H12ClNO2/c1-6(11)10-4-2-3-7(10)8(12)5-9/h7H,2-5H2,1H3. The summed E-state index contributed by atoms with van der Waals surface area (Å²) in [6.45, 7) is 2.18. The van der Waals surface area contributed by atoms with E-state index in [2.05, 4.69) is 0 Å². The highest BCUT2D eigenvalue weighted by Crippen LogP contribution is 2.18. The molecule has 12 heavy (non-hydrogen) atoms. The Bertz CT molecular complexity index is 205. The van der Waals surface area contributed by atoms with Crippen molar-refractivity contribution in [3.05, 3.63) is 0 Å². The van der Waals surface area contributed by atoms with E-state index in [9.17, 15) is 9.59 Å². The maximum Gasteiger partial charge on any atom is 0.220 e. The summed E-state index contributed by atoms with van der Waals surface area (Å²) in [4.78, 5) is 23.8. The molecule has 0 aliphatic carbocycles. The van der Waals surface area contributed by atoms with Crippen LogP contribution in [0.15, 0.2) is 0 Å². The van der Waals surface area contributed by atoms with Gasteiger partial charge in [0.15, 0.2) is 5.78 Å². The molecule has 1 rings (SSSR count). The third-order valence-corrected chi connectivity index (χ3v) is 2.42. The molecule has 1 heterocycles. The molecule has 3 nitrogen and oxygen atoms in total. The maximum atomic E-state index is 11.2. The minimum atomic E-state index is -0.250. The number of nitrogens with zero attached hydrogens (tertiary/aromatic N) is 1. The van der Waals surface area contributed by atoms with Gasteiger partial charge >= 0.3 is 0 Å². The van der Waals surface area contributed by atoms with E-state index >= 15 is 0 Å². The summed E-state index contributed by atoms with van der Waals surface area (Å²) in [6.07, 6.45) is 1.68. The van der Waals surface area contributed by atoms with Crippen LogP contribution in [0.5, 0.6) is 0 Å². The first-order valence-corrected chi connectivity index (χ1v) is 4.56. The predicted molar refractivity (Wildman–Crippen MR) is 46.1 cm³/mol. The van der Waals surface area contributed by atoms with Gasteiger partial charge in [-0.15, -0.1) is 11.6 Å². The predicted octanol–water partition coefficient (Wildman–Crippen LogP) is 0.805. The van der Waals surface area contributed by atoms with Gasteiger partial charge in [0, 0.05) is 13.5 Å². The Morgan fingerprint density at radius 3 is 2.75 bits per heavy atom. The van der Waals surface area contributed by atoms with Crippen LogP contribution in [0.1, 0.15) is 19.8 Å². The number of hydrogen-bond acceptors (Lipinski definition) is 2. The number of rotatable bonds is 2. The first kappa shape index (κ1) is 9.52. The number of amides is 1. The average molecular weight is 190 g/mol. The second kappa shape index (κ2) is 3.90. The van der Waals surface area contributed by atoms with Gasteiger partial charge in [0.1, 0.15) is 0 Å². The Labute approximate surface area is 76.7 Å². The number of likely N-dealkylation sites (tertiary alicyclic amines) is 1. The number of ketones is 1. The van der Waals surface area contributed by atoms with Gasteiger partial charge in [-0.1, -0.05) is 0 Å². The number of Topliss-reactive ketones (excluding diaryl/α,β-unsaturated/α-hetero) is 1. The lowest BCUT2D eigenvalue weighted by Gasteiger charge is -2.20. The molecule has 1 aliphatic heterocycles. The largest absolute Gasteiger partial charge is 0.333 e. The van der Waals surface area contributed by atoms with Gasteiger partial charge in [0.25, 0.3) is 0 Å². The molecular formula is C8H12ClNO2. The van der Waals surface area contributed by atoms with E-state index in [1.54, 1.807) is 4.90 Å². The Morgan fingerprint density at radius 1 is 1.58 bits per heavy atom. The van der Waals surface area contributed by atoms with Gasteiger partial charge in [-0.2, -0.15) is 0 Å². The van der Waals surface area contributed by atoms with Crippen molar-refractivity contribution in [2.24, 2.45) is 0 Å². The fourth-order valence-corrected chi connectivity index (χ4v) is 1.75. The molecule has 1 fully saturated rings. The van der Waals surface area contributed by atoms with Crippen molar-refractivity contribution in [1.29, 1.82) is 0 Å². The summed E-state index contributed by atoms with van der Waals surface area (Å²) in [6, 6.07) is -0.250. The number of halogens is 1. The Balaban J connectivity index is 2.63. The van der Waals surface area contributed by atoms with Crippen LogP contribution in [0.25, 0.3) is 0 Å². The van der Waals surface area contributed by atoms with Crippen LogP contribution in [0, 0.1) is 0 Å². The van der Waals surface area contributed by atoms with Gasteiger partial charge < -0.3 is 4.90 Å². The molecule has 1 unspecified atom stereocenters. The zero-order valence-corrected chi connectivity index (χ0v) is 7.80. The lowest BCUT2D eigenvalue weighted by atomic mass is 10.1. The van der Waals surface area contributed by atoms with Crippen molar-refractivity contribution in [2.75, 3.05) is 12.4 Å². The third-order valence-electron chi connectivity index (χ3n) is 2.16. The third kappa shape index (κ3) is 1.78. The van der Waals surface area contributed by atoms with Crippen molar-refractivity contribution < 1.29 is 9.59 Å². The summed E-state index contributed by atoms with van der Waals surface area (Å²) in [5.41, 5.74) is 0. The summed E-state index contributed by atoms with van der Waals surface area (Å²) in [5.74, 6) is -0.0608. The van der Waals surface area contributed by atoms with E-state index in [0.717, 1.165) is 12.8 Å². The molecule has 0 aromatic heterocycles. The van der Waals surface area contributed by atoms with E-state index in [1.807, 2.05) is 0 Å². The minimum absolute atomic E-state index is 0.00838. The fraction of sp³-hybridized carbons (Fsp3) is 0.750. The van der Waals surface area contributed by atoms with Gasteiger partial charge in [0.05, 0.1) is 11.9 Å². The van der Waals surface area contributed by atoms with Crippen molar-refractivity contribution in [3.63, 3.8) is 0 Å². The normalized spacial score (nSPS) is 22.8. The zero-order chi connectivity index (χ0) is 9.14. The molecule has 1 amide bonds. The first-order chi connectivity index (χ1) is 5.66. The molecule has 4 heteroatoms. The lowest BCUT2D eigenvalue weighted by molar-refractivity contribution is -0.135. The van der Waals surface area contributed by atoms with Gasteiger partial charge in [-0.05, 0) is 12.8 Å². The average Bonchev–Trinajstić information content (AvgIpc) is 2.50. The molecule has 0 N–H and O–H groups in total. The highest BCUT2D eigenvalue weighted by molar-refractivity contribution is 6.28. The summed E-state index contributed by atoms with van der Waals surface area (Å²) >= 11 is 5.41. The zero-order valence-electron chi connectivity index (χ0n) is 7.05. The fourth-order valence-electron chi connectivity index (χ4n) is 1.57. The van der Waals surface area contributed by atoms with Crippen LogP contribution in [0.3, 0.4) is 0 Å². The highest BCUT2D eigenvalue weighted by Gasteiger charge is 2.31. The van der Waals surface area contributed by atoms with Crippen molar-refractivity contribution in [2.45, 2.75) is 25.8 Å². The lowest BCUT2D eigenvalue weighted by Crippen LogP contribution is -2.39. The summed E-state index contributed by atoms with van der Waals surface area (Å²) < 4.78 is 0. The minimum Gasteiger partial charge on any atom is -0.333 e. The number of carbonyl (C=O) groups excluding carboxylic acids is 2. The molecule has 1 atom stereocenters. The second-order valence-corrected chi connectivity index (χ2v) is 3.24. The molecule has 1 saturated heterocycles. The van der Waals surface area contributed by atoms with Gasteiger partial charge in [0.2, 0.25) is 5.91 Å². The van der Waals surface area contributed by atoms with Crippen molar-refractivity contribution >= 4 is 23.3 Å². The Hall–Kier alpha value is -0.570. The Morgan fingerprint density at radius 2 is 2.25 bits per heavy atom. The second-order valence-electron chi connectivity index (χ2n) is 2.97. The number of carbonyl (C=O) groups is 2. The van der Waals surface area contributed by atoms with Crippen LogP contribution < -0.4 is 0 Å². The molecule has 0 saturated carbocycles. The van der Waals surface area contributed by atoms with Crippen LogP contribution in [-0.4, -0.2) is 35.1 Å². The van der Waals surface area contributed by atoms with Gasteiger partial charge in [-0.3, -0.25) is 9.59 Å². The summed E-state index contributed by atoms with van der Waals surface area (Å²) in [7, 11) is 0. The number of hydrogen-bond donors (Lipinski definition) is 0. The molecule has 0 aromatic rings. The van der Waals surface area contributed by atoms with Crippen LogP contribution in [-0.2, 0) is 9.59 Å². The highest BCUT2D eigenvalue weighted by atomic mass is 35.5. The van der Waals surface area contributed by atoms with E-state index in [0.29, 0.717) is 6.54 Å². The van der Waals surface area contributed by atoms with E-state index < -0.39 is 0 Å². The molecular weight excluding hydrogens is 178 g/mol. The summed E-state index contributed by atoms with van der Waals surface area (Å²) in [5, 5.41) is 0. The van der Waals surface area contributed by atoms with E-state index in [1.165, 1.54) is 6.92 Å². The topological polar surface area (TPSA) is 37.4 Å². The molecule has 0 radical (unpaired) electrons.